The lowest BCUT2D eigenvalue weighted by atomic mass is 10.3. The van der Waals surface area contributed by atoms with Crippen LogP contribution in [0, 0.1) is 0 Å². The second-order valence-electron chi connectivity index (χ2n) is 5.98. The molecule has 0 unspecified atom stereocenters. The maximum absolute atomic E-state index is 13.1. The second kappa shape index (κ2) is 7.17. The smallest absolute Gasteiger partial charge is 0.269 e. The number of aromatic hydroxyl groups is 1. The van der Waals surface area contributed by atoms with Crippen molar-refractivity contribution in [1.82, 2.24) is 4.90 Å². The van der Waals surface area contributed by atoms with Crippen molar-refractivity contribution in [2.75, 3.05) is 18.5 Å². The highest BCUT2D eigenvalue weighted by molar-refractivity contribution is 8.19. The number of carbonyl (C=O) groups excluding carboxylic acids is 1. The molecule has 0 aliphatic carbocycles. The van der Waals surface area contributed by atoms with Crippen molar-refractivity contribution in [3.8, 4) is 5.75 Å². The van der Waals surface area contributed by atoms with Crippen LogP contribution in [0.1, 0.15) is 0 Å². The number of fused-ring (bicyclic) bond motifs is 1. The third-order valence-electron chi connectivity index (χ3n) is 4.16. The molecule has 0 atom stereocenters. The molecule has 4 rings (SSSR count). The number of amides is 1. The summed E-state index contributed by atoms with van der Waals surface area (Å²) in [7, 11) is 1.97. The Labute approximate surface area is 166 Å². The van der Waals surface area contributed by atoms with E-state index in [9.17, 15) is 9.90 Å². The number of hydrogen-bond acceptors (Lipinski definition) is 6. The molecule has 2 heterocycles. The molecule has 2 aromatic rings. The van der Waals surface area contributed by atoms with Gasteiger partial charge in [-0.05, 0) is 36.0 Å². The average Bonchev–Trinajstić information content (AvgIpc) is 3.14. The van der Waals surface area contributed by atoms with Gasteiger partial charge < -0.3 is 10.0 Å². The van der Waals surface area contributed by atoms with Crippen molar-refractivity contribution in [3.63, 3.8) is 0 Å². The van der Waals surface area contributed by atoms with E-state index in [1.807, 2.05) is 30.1 Å². The molecule has 136 valence electrons. The zero-order valence-electron chi connectivity index (χ0n) is 14.6. The van der Waals surface area contributed by atoms with E-state index >= 15 is 0 Å². The monoisotopic (exact) mass is 395 g/mol. The van der Waals surface area contributed by atoms with Gasteiger partial charge in [0.2, 0.25) is 0 Å². The van der Waals surface area contributed by atoms with Gasteiger partial charge in [-0.25, -0.2) is 4.99 Å². The molecule has 0 saturated carbocycles. The van der Waals surface area contributed by atoms with Crippen molar-refractivity contribution in [2.45, 2.75) is 4.90 Å². The maximum Gasteiger partial charge on any atom is 0.269 e. The number of phenolic OH excluding ortho intramolecular Hbond substituents is 1. The van der Waals surface area contributed by atoms with Crippen LogP contribution in [0.2, 0.25) is 0 Å². The minimum atomic E-state index is -0.0824. The number of amidine groups is 1. The highest BCUT2D eigenvalue weighted by Crippen LogP contribution is 2.49. The number of hydrogen-bond donors (Lipinski definition) is 1. The number of aliphatic imine (C=N–C) groups is 1. The van der Waals surface area contributed by atoms with Crippen LogP contribution < -0.4 is 4.90 Å². The van der Waals surface area contributed by atoms with Crippen molar-refractivity contribution in [3.05, 3.63) is 71.1 Å². The predicted octanol–water partition coefficient (Wildman–Crippen LogP) is 4.55. The van der Waals surface area contributed by atoms with Gasteiger partial charge in [0.1, 0.15) is 10.7 Å². The molecule has 2 aliphatic heterocycles. The molecular formula is C20H17N3O2S2. The van der Waals surface area contributed by atoms with Gasteiger partial charge in [0.15, 0.2) is 5.17 Å². The van der Waals surface area contributed by atoms with Gasteiger partial charge in [0.25, 0.3) is 5.91 Å². The first kappa shape index (κ1) is 17.8. The minimum absolute atomic E-state index is 0.0824. The summed E-state index contributed by atoms with van der Waals surface area (Å²) in [6.07, 6.45) is 1.68. The van der Waals surface area contributed by atoms with E-state index in [0.29, 0.717) is 22.3 Å². The van der Waals surface area contributed by atoms with Crippen LogP contribution in [0.4, 0.5) is 11.4 Å². The summed E-state index contributed by atoms with van der Waals surface area (Å²) < 4.78 is 0. The molecule has 0 aromatic heterocycles. The highest BCUT2D eigenvalue weighted by atomic mass is 32.2. The Hall–Kier alpha value is -2.64. The normalized spacial score (nSPS) is 20.5. The third kappa shape index (κ3) is 3.24. The van der Waals surface area contributed by atoms with Gasteiger partial charge in [-0.1, -0.05) is 36.0 Å². The first-order chi connectivity index (χ1) is 13.1. The average molecular weight is 396 g/mol. The van der Waals surface area contributed by atoms with Gasteiger partial charge in [-0.2, -0.15) is 0 Å². The van der Waals surface area contributed by atoms with E-state index in [2.05, 4.69) is 17.6 Å². The SMILES string of the molecule is C=CCN1C(=O)C(=C2Sc3ccccc3N2C)SC1=Nc1cccc(O)c1. The van der Waals surface area contributed by atoms with Gasteiger partial charge in [0, 0.05) is 24.6 Å². The number of rotatable bonds is 3. The van der Waals surface area contributed by atoms with Crippen LogP contribution in [0.25, 0.3) is 0 Å². The Kier molecular flexibility index (Phi) is 4.72. The lowest BCUT2D eigenvalue weighted by Gasteiger charge is -2.15. The fourth-order valence-corrected chi connectivity index (χ4v) is 5.23. The molecule has 1 amide bonds. The fourth-order valence-electron chi connectivity index (χ4n) is 2.88. The van der Waals surface area contributed by atoms with Crippen LogP contribution in [0.5, 0.6) is 5.75 Å². The fraction of sp³-hybridized carbons (Fsp3) is 0.100. The summed E-state index contributed by atoms with van der Waals surface area (Å²) >= 11 is 2.95. The maximum atomic E-state index is 13.1. The molecule has 2 aromatic carbocycles. The van der Waals surface area contributed by atoms with E-state index < -0.39 is 0 Å². The first-order valence-electron chi connectivity index (χ1n) is 8.31. The lowest BCUT2D eigenvalue weighted by Crippen LogP contribution is -2.29. The van der Waals surface area contributed by atoms with E-state index in [1.165, 1.54) is 11.8 Å². The van der Waals surface area contributed by atoms with E-state index in [4.69, 9.17) is 0 Å². The van der Waals surface area contributed by atoms with E-state index in [-0.39, 0.29) is 11.7 Å². The van der Waals surface area contributed by atoms with Gasteiger partial charge in [0.05, 0.1) is 16.4 Å². The van der Waals surface area contributed by atoms with E-state index in [0.717, 1.165) is 15.6 Å². The number of anilines is 1. The summed E-state index contributed by atoms with van der Waals surface area (Å²) in [6, 6.07) is 14.8. The van der Waals surface area contributed by atoms with Crippen LogP contribution in [-0.2, 0) is 4.79 Å². The van der Waals surface area contributed by atoms with Crippen LogP contribution in [0.3, 0.4) is 0 Å². The number of thioether (sulfide) groups is 2. The molecule has 0 bridgehead atoms. The summed E-state index contributed by atoms with van der Waals surface area (Å²) in [4.78, 5) is 23.1. The summed E-state index contributed by atoms with van der Waals surface area (Å²) in [5, 5.41) is 11.2. The quantitative estimate of drug-likeness (QED) is 0.610. The molecular weight excluding hydrogens is 378 g/mol. The Morgan fingerprint density at radius 1 is 1.19 bits per heavy atom. The number of para-hydroxylation sites is 1. The minimum Gasteiger partial charge on any atom is -0.508 e. The van der Waals surface area contributed by atoms with Crippen LogP contribution >= 0.6 is 23.5 Å². The molecule has 1 saturated heterocycles. The Balaban J connectivity index is 1.74. The number of nitrogens with zero attached hydrogens (tertiary/aromatic N) is 3. The zero-order valence-corrected chi connectivity index (χ0v) is 16.3. The first-order valence-corrected chi connectivity index (χ1v) is 9.95. The summed E-state index contributed by atoms with van der Waals surface area (Å²) in [5.74, 6) is 0.0579. The molecule has 1 N–H and O–H groups in total. The number of phenols is 1. The molecule has 0 spiro atoms. The van der Waals surface area contributed by atoms with Gasteiger partial charge in [-0.15, -0.1) is 6.58 Å². The van der Waals surface area contributed by atoms with Crippen LogP contribution in [-0.4, -0.2) is 34.7 Å². The molecule has 27 heavy (non-hydrogen) atoms. The molecule has 0 radical (unpaired) electrons. The lowest BCUT2D eigenvalue weighted by molar-refractivity contribution is -0.121. The van der Waals surface area contributed by atoms with Crippen molar-refractivity contribution in [2.24, 2.45) is 4.99 Å². The van der Waals surface area contributed by atoms with Crippen molar-refractivity contribution < 1.29 is 9.90 Å². The zero-order chi connectivity index (χ0) is 19.0. The Bertz CT molecular complexity index is 1000. The number of carbonyl (C=O) groups is 1. The Morgan fingerprint density at radius 2 is 2.00 bits per heavy atom. The molecule has 5 nitrogen and oxygen atoms in total. The third-order valence-corrected chi connectivity index (χ3v) is 6.59. The molecule has 7 heteroatoms. The topological polar surface area (TPSA) is 56.1 Å². The summed E-state index contributed by atoms with van der Waals surface area (Å²) in [5.41, 5.74) is 1.69. The van der Waals surface area contributed by atoms with E-state index in [1.54, 1.807) is 47.0 Å². The highest BCUT2D eigenvalue weighted by Gasteiger charge is 2.38. The van der Waals surface area contributed by atoms with Crippen LogP contribution in [0.15, 0.2) is 81.0 Å². The Morgan fingerprint density at radius 3 is 2.74 bits per heavy atom. The largest absolute Gasteiger partial charge is 0.508 e. The van der Waals surface area contributed by atoms with Crippen molar-refractivity contribution in [1.29, 1.82) is 0 Å². The second-order valence-corrected chi connectivity index (χ2v) is 7.99. The standard InChI is InChI=1S/C20H17N3O2S2/c1-3-11-23-18(25)17(19-22(2)15-9-4-5-10-16(15)26-19)27-20(23)21-13-7-6-8-14(24)12-13/h3-10,12,24H,1,11H2,2H3. The number of benzene rings is 2. The predicted molar refractivity (Wildman–Crippen MR) is 112 cm³/mol. The molecule has 2 aliphatic rings. The molecule has 1 fully saturated rings. The summed E-state index contributed by atoms with van der Waals surface area (Å²) in [6.45, 7) is 4.13. The van der Waals surface area contributed by atoms with Gasteiger partial charge in [-0.3, -0.25) is 9.69 Å². The van der Waals surface area contributed by atoms with Gasteiger partial charge >= 0.3 is 0 Å². The van der Waals surface area contributed by atoms with Crippen molar-refractivity contribution >= 4 is 46.0 Å².